The molecule has 1 aromatic rings. The zero-order chi connectivity index (χ0) is 12.3. The maximum atomic E-state index is 11.4. The van der Waals surface area contributed by atoms with Crippen molar-refractivity contribution < 1.29 is 19.8 Å². The molecular formula is C11H13NO4. The van der Waals surface area contributed by atoms with E-state index in [9.17, 15) is 14.7 Å². The molecule has 0 aliphatic rings. The summed E-state index contributed by atoms with van der Waals surface area (Å²) in [5, 5.41) is 18.0. The van der Waals surface area contributed by atoms with E-state index in [1.807, 2.05) is 0 Å². The Balaban J connectivity index is 3.18. The summed E-state index contributed by atoms with van der Waals surface area (Å²) in [5.74, 6) is -1.52. The van der Waals surface area contributed by atoms with Gasteiger partial charge in [0.1, 0.15) is 0 Å². The first-order valence-electron chi connectivity index (χ1n) is 4.80. The van der Waals surface area contributed by atoms with Crippen LogP contribution in [0.4, 0.5) is 5.69 Å². The molecule has 0 fully saturated rings. The third-order valence-electron chi connectivity index (χ3n) is 2.26. The lowest BCUT2D eigenvalue weighted by Gasteiger charge is -2.10. The fourth-order valence-electron chi connectivity index (χ4n) is 1.32. The first-order chi connectivity index (χ1) is 7.47. The number of aliphatic carboxylic acids is 1. The summed E-state index contributed by atoms with van der Waals surface area (Å²) in [6, 6.07) is 4.25. The minimum absolute atomic E-state index is 0.0480. The van der Waals surface area contributed by atoms with Crippen molar-refractivity contribution in [3.63, 3.8) is 0 Å². The topological polar surface area (TPSA) is 101 Å². The second-order valence-electron chi connectivity index (χ2n) is 3.36. The molecule has 0 bridgehead atoms. The van der Waals surface area contributed by atoms with Crippen LogP contribution in [0.2, 0.25) is 0 Å². The predicted molar refractivity (Wildman–Crippen MR) is 58.1 cm³/mol. The van der Waals surface area contributed by atoms with Crippen LogP contribution in [-0.4, -0.2) is 22.0 Å². The van der Waals surface area contributed by atoms with Crippen molar-refractivity contribution in [3.8, 4) is 0 Å². The van der Waals surface area contributed by atoms with Crippen LogP contribution in [0, 0.1) is 0 Å². The fourth-order valence-corrected chi connectivity index (χ4v) is 1.32. The number of carboxylic acid groups (broad SMARTS) is 1. The van der Waals surface area contributed by atoms with Gasteiger partial charge in [-0.3, -0.25) is 4.79 Å². The second-order valence-corrected chi connectivity index (χ2v) is 3.36. The number of anilines is 1. The van der Waals surface area contributed by atoms with Crippen molar-refractivity contribution in [3.05, 3.63) is 29.3 Å². The predicted octanol–water partition coefficient (Wildman–Crippen LogP) is 0.980. The highest BCUT2D eigenvalue weighted by Gasteiger charge is 2.19. The molecule has 86 valence electrons. The molecule has 4 N–H and O–H groups in total. The van der Waals surface area contributed by atoms with Gasteiger partial charge in [0.05, 0.1) is 0 Å². The molecule has 0 spiro atoms. The van der Waals surface area contributed by atoms with E-state index in [0.717, 1.165) is 0 Å². The van der Waals surface area contributed by atoms with Crippen molar-refractivity contribution in [2.24, 2.45) is 0 Å². The standard InChI is InChI=1S/C11H13NO4/c1-2-9(13)6-3-4-8(12)7(5-6)10(14)11(15)16/h3-5,10,14H,2,12H2,1H3,(H,15,16). The molecule has 16 heavy (non-hydrogen) atoms. The average molecular weight is 223 g/mol. The summed E-state index contributed by atoms with van der Waals surface area (Å²) in [7, 11) is 0. The molecular weight excluding hydrogens is 210 g/mol. The van der Waals surface area contributed by atoms with Crippen molar-refractivity contribution in [1.29, 1.82) is 0 Å². The molecule has 0 saturated carbocycles. The number of aliphatic hydroxyl groups is 1. The summed E-state index contributed by atoms with van der Waals surface area (Å²) >= 11 is 0. The Labute approximate surface area is 92.5 Å². The molecule has 1 aromatic carbocycles. The monoisotopic (exact) mass is 223 g/mol. The highest BCUT2D eigenvalue weighted by molar-refractivity contribution is 5.96. The number of hydrogen-bond acceptors (Lipinski definition) is 4. The highest BCUT2D eigenvalue weighted by Crippen LogP contribution is 2.22. The Morgan fingerprint density at radius 3 is 2.56 bits per heavy atom. The van der Waals surface area contributed by atoms with Crippen LogP contribution in [0.1, 0.15) is 35.4 Å². The van der Waals surface area contributed by atoms with Crippen molar-refractivity contribution >= 4 is 17.4 Å². The zero-order valence-corrected chi connectivity index (χ0v) is 8.80. The number of carbonyl (C=O) groups is 2. The Kier molecular flexibility index (Phi) is 3.63. The van der Waals surface area contributed by atoms with Gasteiger partial charge in [0.2, 0.25) is 0 Å². The molecule has 1 rings (SSSR count). The lowest BCUT2D eigenvalue weighted by Crippen LogP contribution is -2.13. The van der Waals surface area contributed by atoms with Crippen molar-refractivity contribution in [2.45, 2.75) is 19.4 Å². The molecule has 0 amide bonds. The first-order valence-corrected chi connectivity index (χ1v) is 4.80. The van der Waals surface area contributed by atoms with Crippen LogP contribution >= 0.6 is 0 Å². The quantitative estimate of drug-likeness (QED) is 0.521. The molecule has 5 heteroatoms. The van der Waals surface area contributed by atoms with Crippen LogP contribution in [0.3, 0.4) is 0 Å². The van der Waals surface area contributed by atoms with E-state index < -0.39 is 12.1 Å². The van der Waals surface area contributed by atoms with Gasteiger partial charge >= 0.3 is 5.97 Å². The number of benzene rings is 1. The van der Waals surface area contributed by atoms with Gasteiger partial charge in [0.15, 0.2) is 11.9 Å². The van der Waals surface area contributed by atoms with Crippen LogP contribution < -0.4 is 5.73 Å². The van der Waals surface area contributed by atoms with Crippen molar-refractivity contribution in [2.75, 3.05) is 5.73 Å². The summed E-state index contributed by atoms with van der Waals surface area (Å²) in [6.45, 7) is 1.70. The van der Waals surface area contributed by atoms with Gasteiger partial charge in [-0.2, -0.15) is 0 Å². The molecule has 0 aliphatic carbocycles. The Bertz CT molecular complexity index is 428. The minimum atomic E-state index is -1.70. The van der Waals surface area contributed by atoms with Gasteiger partial charge in [-0.1, -0.05) is 6.92 Å². The lowest BCUT2D eigenvalue weighted by molar-refractivity contribution is -0.146. The van der Waals surface area contributed by atoms with E-state index >= 15 is 0 Å². The number of carboxylic acids is 1. The Hall–Kier alpha value is -1.88. The minimum Gasteiger partial charge on any atom is -0.479 e. The number of carbonyl (C=O) groups excluding carboxylic acids is 1. The average Bonchev–Trinajstić information content (AvgIpc) is 2.27. The maximum absolute atomic E-state index is 11.4. The normalized spacial score (nSPS) is 12.1. The van der Waals surface area contributed by atoms with E-state index in [2.05, 4.69) is 0 Å². The number of Topliss-reactive ketones (excluding diaryl/α,β-unsaturated/α-hetero) is 1. The van der Waals surface area contributed by atoms with Gasteiger partial charge in [-0.15, -0.1) is 0 Å². The van der Waals surface area contributed by atoms with Gasteiger partial charge in [-0.05, 0) is 18.2 Å². The van der Waals surface area contributed by atoms with E-state index in [1.54, 1.807) is 6.92 Å². The van der Waals surface area contributed by atoms with Crippen molar-refractivity contribution in [1.82, 2.24) is 0 Å². The number of nitrogen functional groups attached to an aromatic ring is 1. The molecule has 0 aromatic heterocycles. The summed E-state index contributed by atoms with van der Waals surface area (Å²) in [5.41, 5.74) is 6.09. The molecule has 0 saturated heterocycles. The molecule has 1 unspecified atom stereocenters. The number of nitrogens with two attached hydrogens (primary N) is 1. The summed E-state index contributed by atoms with van der Waals surface area (Å²) < 4.78 is 0. The number of rotatable bonds is 4. The summed E-state index contributed by atoms with van der Waals surface area (Å²) in [4.78, 5) is 22.0. The smallest absolute Gasteiger partial charge is 0.337 e. The molecule has 0 aliphatic heterocycles. The second kappa shape index (κ2) is 4.76. The lowest BCUT2D eigenvalue weighted by atomic mass is 10.0. The van der Waals surface area contributed by atoms with E-state index in [0.29, 0.717) is 12.0 Å². The zero-order valence-electron chi connectivity index (χ0n) is 8.80. The first kappa shape index (κ1) is 12.2. The molecule has 0 heterocycles. The van der Waals surface area contributed by atoms with E-state index in [1.165, 1.54) is 18.2 Å². The Morgan fingerprint density at radius 1 is 1.44 bits per heavy atom. The van der Waals surface area contributed by atoms with Crippen LogP contribution in [0.25, 0.3) is 0 Å². The molecule has 0 radical (unpaired) electrons. The van der Waals surface area contributed by atoms with Crippen LogP contribution in [0.15, 0.2) is 18.2 Å². The van der Waals surface area contributed by atoms with Gasteiger partial charge in [-0.25, -0.2) is 4.79 Å². The van der Waals surface area contributed by atoms with E-state index in [-0.39, 0.29) is 17.0 Å². The third-order valence-corrected chi connectivity index (χ3v) is 2.26. The summed E-state index contributed by atoms with van der Waals surface area (Å²) in [6.07, 6.45) is -1.39. The SMILES string of the molecule is CCC(=O)c1ccc(N)c(C(O)C(=O)O)c1. The largest absolute Gasteiger partial charge is 0.479 e. The maximum Gasteiger partial charge on any atom is 0.337 e. The molecule has 5 nitrogen and oxygen atoms in total. The van der Waals surface area contributed by atoms with Crippen LogP contribution in [0.5, 0.6) is 0 Å². The van der Waals surface area contributed by atoms with E-state index in [4.69, 9.17) is 10.8 Å². The van der Waals surface area contributed by atoms with Crippen LogP contribution in [-0.2, 0) is 4.79 Å². The Morgan fingerprint density at radius 2 is 2.06 bits per heavy atom. The number of ketones is 1. The third kappa shape index (κ3) is 2.38. The number of hydrogen-bond donors (Lipinski definition) is 3. The highest BCUT2D eigenvalue weighted by atomic mass is 16.4. The van der Waals surface area contributed by atoms with Gasteiger partial charge in [0, 0.05) is 23.2 Å². The number of aliphatic hydroxyl groups excluding tert-OH is 1. The van der Waals surface area contributed by atoms with Gasteiger partial charge in [0.25, 0.3) is 0 Å². The molecule has 1 atom stereocenters. The van der Waals surface area contributed by atoms with Gasteiger partial charge < -0.3 is 15.9 Å². The fraction of sp³-hybridized carbons (Fsp3) is 0.273.